The van der Waals surface area contributed by atoms with Crippen molar-refractivity contribution in [2.45, 2.75) is 26.3 Å². The minimum Gasteiger partial charge on any atom is -0.480 e. The number of hydrogen-bond donors (Lipinski definition) is 3. The smallest absolute Gasteiger partial charge is 0.320 e. The number of carbonyl (C=O) groups is 1. The Balaban J connectivity index is 0. The van der Waals surface area contributed by atoms with E-state index in [1.165, 1.54) is 0 Å². The number of aliphatic carboxylic acids is 1. The van der Waals surface area contributed by atoms with E-state index in [4.69, 9.17) is 21.8 Å². The van der Waals surface area contributed by atoms with Crippen molar-refractivity contribution in [3.63, 3.8) is 0 Å². The van der Waals surface area contributed by atoms with Crippen molar-refractivity contribution in [2.24, 2.45) is 17.4 Å². The van der Waals surface area contributed by atoms with Gasteiger partial charge in [-0.25, -0.2) is 0 Å². The Hall–Kier alpha value is -1.19. The predicted octanol–water partition coefficient (Wildman–Crippen LogP) is 0.240. The number of thiocarbonyl (C=S) groups is 1. The molecule has 5 nitrogen and oxygen atoms in total. The van der Waals surface area contributed by atoms with Gasteiger partial charge in [0.05, 0.1) is 17.5 Å². The lowest BCUT2D eigenvalue weighted by Crippen LogP contribution is -2.34. The maximum Gasteiger partial charge on any atom is 0.320 e. The molecule has 0 rings (SSSR count). The summed E-state index contributed by atoms with van der Waals surface area (Å²) in [5, 5.41) is 16.0. The highest BCUT2D eigenvalue weighted by Crippen LogP contribution is 1.96. The summed E-state index contributed by atoms with van der Waals surface area (Å²) in [5.74, 6) is -0.910. The number of nitrogens with zero attached hydrogens (tertiary/aromatic N) is 1. The molecule has 5 N–H and O–H groups in total. The fraction of sp³-hybridized carbons (Fsp3) is 0.625. The minimum atomic E-state index is -0.931. The minimum absolute atomic E-state index is 0.0208. The van der Waals surface area contributed by atoms with Gasteiger partial charge in [0.1, 0.15) is 6.04 Å². The Bertz CT molecular complexity index is 235. The van der Waals surface area contributed by atoms with Crippen LogP contribution in [0.2, 0.25) is 0 Å². The Morgan fingerprint density at radius 2 is 2.07 bits per heavy atom. The second-order valence-corrected chi connectivity index (χ2v) is 3.43. The first-order valence-corrected chi connectivity index (χ1v) is 4.37. The monoisotopic (exact) mass is 217 g/mol. The Morgan fingerprint density at radius 3 is 2.07 bits per heavy atom. The zero-order chi connectivity index (χ0) is 11.7. The average Bonchev–Trinajstić information content (AvgIpc) is 2.03. The van der Waals surface area contributed by atoms with Gasteiger partial charge < -0.3 is 16.6 Å². The lowest BCUT2D eigenvalue weighted by atomic mass is 10.1. The quantitative estimate of drug-likeness (QED) is 0.584. The molecule has 1 atom stereocenters. The molecule has 0 spiro atoms. The van der Waals surface area contributed by atoms with Gasteiger partial charge in [0.15, 0.2) is 0 Å². The molecule has 0 saturated heterocycles. The molecule has 0 aromatic carbocycles. The lowest BCUT2D eigenvalue weighted by molar-refractivity contribution is -0.139. The average molecular weight is 217 g/mol. The Kier molecular flexibility index (Phi) is 9.18. The van der Waals surface area contributed by atoms with Crippen molar-refractivity contribution in [3.8, 4) is 6.07 Å². The normalized spacial score (nSPS) is 10.8. The molecule has 0 bridgehead atoms. The van der Waals surface area contributed by atoms with Crippen molar-refractivity contribution in [1.29, 1.82) is 5.26 Å². The zero-order valence-electron chi connectivity index (χ0n) is 8.23. The molecule has 0 aliphatic carbocycles. The van der Waals surface area contributed by atoms with Crippen molar-refractivity contribution in [1.82, 2.24) is 0 Å². The summed E-state index contributed by atoms with van der Waals surface area (Å²) in [6.45, 7) is 3.55. The first-order valence-electron chi connectivity index (χ1n) is 3.96. The Morgan fingerprint density at radius 1 is 1.64 bits per heavy atom. The van der Waals surface area contributed by atoms with E-state index in [2.05, 4.69) is 12.2 Å². The van der Waals surface area contributed by atoms with E-state index in [0.717, 1.165) is 0 Å². The molecule has 0 aromatic rings. The van der Waals surface area contributed by atoms with Crippen LogP contribution in [-0.2, 0) is 4.79 Å². The molecular formula is C8H15N3O2S. The van der Waals surface area contributed by atoms with Crippen LogP contribution < -0.4 is 11.5 Å². The van der Waals surface area contributed by atoms with Crippen molar-refractivity contribution in [2.75, 3.05) is 0 Å². The van der Waals surface area contributed by atoms with E-state index in [-0.39, 0.29) is 17.3 Å². The summed E-state index contributed by atoms with van der Waals surface area (Å²) in [5.41, 5.74) is 10.1. The van der Waals surface area contributed by atoms with Crippen LogP contribution in [0.5, 0.6) is 0 Å². The molecule has 80 valence electrons. The number of carboxylic acids is 1. The molecule has 6 heteroatoms. The molecule has 0 aromatic heterocycles. The van der Waals surface area contributed by atoms with Crippen LogP contribution in [0.3, 0.4) is 0 Å². The van der Waals surface area contributed by atoms with Gasteiger partial charge >= 0.3 is 5.97 Å². The van der Waals surface area contributed by atoms with Gasteiger partial charge in [0.2, 0.25) is 0 Å². The fourth-order valence-electron chi connectivity index (χ4n) is 0.363. The largest absolute Gasteiger partial charge is 0.480 e. The van der Waals surface area contributed by atoms with E-state index >= 15 is 0 Å². The number of nitriles is 1. The van der Waals surface area contributed by atoms with Gasteiger partial charge in [0, 0.05) is 0 Å². The van der Waals surface area contributed by atoms with Crippen LogP contribution >= 0.6 is 12.2 Å². The number of carboxylic acid groups (broad SMARTS) is 1. The van der Waals surface area contributed by atoms with E-state index in [9.17, 15) is 4.79 Å². The summed E-state index contributed by atoms with van der Waals surface area (Å²) < 4.78 is 0. The third kappa shape index (κ3) is 10.8. The second-order valence-electron chi connectivity index (χ2n) is 2.91. The number of rotatable bonds is 3. The maximum absolute atomic E-state index is 10.0. The maximum atomic E-state index is 10.0. The highest BCUT2D eigenvalue weighted by atomic mass is 32.1. The SMILES string of the molecule is CC(C)[C@H](N)C(=O)O.N#CCC(N)=S. The van der Waals surface area contributed by atoms with Gasteiger partial charge in [-0.3, -0.25) is 4.79 Å². The van der Waals surface area contributed by atoms with Crippen molar-refractivity contribution >= 4 is 23.2 Å². The van der Waals surface area contributed by atoms with Crippen LogP contribution in [0.25, 0.3) is 0 Å². The first kappa shape index (κ1) is 15.3. The second kappa shape index (κ2) is 8.41. The highest BCUT2D eigenvalue weighted by Gasteiger charge is 2.14. The van der Waals surface area contributed by atoms with Crippen LogP contribution in [0.15, 0.2) is 0 Å². The summed E-state index contributed by atoms with van der Waals surface area (Å²) in [4.78, 5) is 10.3. The van der Waals surface area contributed by atoms with Gasteiger partial charge in [-0.1, -0.05) is 26.1 Å². The molecule has 0 aliphatic heterocycles. The number of hydrogen-bond acceptors (Lipinski definition) is 4. The molecule has 0 aliphatic rings. The molecule has 0 radical (unpaired) electrons. The van der Waals surface area contributed by atoms with Gasteiger partial charge in [-0.05, 0) is 5.92 Å². The van der Waals surface area contributed by atoms with E-state index < -0.39 is 12.0 Å². The van der Waals surface area contributed by atoms with Crippen molar-refractivity contribution < 1.29 is 9.90 Å². The van der Waals surface area contributed by atoms with Gasteiger partial charge in [-0.2, -0.15) is 5.26 Å². The Labute approximate surface area is 88.7 Å². The summed E-state index contributed by atoms with van der Waals surface area (Å²) in [6.07, 6.45) is 0.190. The van der Waals surface area contributed by atoms with E-state index in [1.807, 2.05) is 0 Å². The van der Waals surface area contributed by atoms with Gasteiger partial charge in [0.25, 0.3) is 0 Å². The zero-order valence-corrected chi connectivity index (χ0v) is 9.04. The van der Waals surface area contributed by atoms with E-state index in [1.54, 1.807) is 19.9 Å². The molecule has 0 unspecified atom stereocenters. The van der Waals surface area contributed by atoms with Crippen LogP contribution in [0, 0.1) is 17.2 Å². The summed E-state index contributed by atoms with van der Waals surface area (Å²) in [7, 11) is 0. The highest BCUT2D eigenvalue weighted by molar-refractivity contribution is 7.80. The molecule has 0 saturated carbocycles. The summed E-state index contributed by atoms with van der Waals surface area (Å²) in [6, 6.07) is 1.09. The number of nitrogens with two attached hydrogens (primary N) is 2. The van der Waals surface area contributed by atoms with Crippen LogP contribution in [-0.4, -0.2) is 22.1 Å². The van der Waals surface area contributed by atoms with Crippen LogP contribution in [0.4, 0.5) is 0 Å². The molecule has 14 heavy (non-hydrogen) atoms. The first-order chi connectivity index (χ1) is 6.32. The third-order valence-corrected chi connectivity index (χ3v) is 1.40. The van der Waals surface area contributed by atoms with Crippen molar-refractivity contribution in [3.05, 3.63) is 0 Å². The summed E-state index contributed by atoms with van der Waals surface area (Å²) >= 11 is 4.35. The molecule has 0 fully saturated rings. The standard InChI is InChI=1S/C5H11NO2.C3H4N2S/c1-3(2)4(6)5(7)8;4-2-1-3(5)6/h3-4H,6H2,1-2H3,(H,7,8);1H2,(H2,5,6)/t4-;/m0./s1. The molecule has 0 heterocycles. The third-order valence-electron chi connectivity index (χ3n) is 1.26. The van der Waals surface area contributed by atoms with E-state index in [0.29, 0.717) is 0 Å². The molecule has 0 amide bonds. The predicted molar refractivity (Wildman–Crippen MR) is 57.5 cm³/mol. The van der Waals surface area contributed by atoms with Gasteiger partial charge in [-0.15, -0.1) is 0 Å². The molecular weight excluding hydrogens is 202 g/mol. The fourth-order valence-corrected chi connectivity index (χ4v) is 0.428. The van der Waals surface area contributed by atoms with Crippen LogP contribution in [0.1, 0.15) is 20.3 Å². The lowest BCUT2D eigenvalue weighted by Gasteiger charge is -2.07. The topological polar surface area (TPSA) is 113 Å².